The molecule has 1 aliphatic rings. The second-order valence-corrected chi connectivity index (χ2v) is 13.8. The van der Waals surface area contributed by atoms with Crippen molar-refractivity contribution in [3.05, 3.63) is 144 Å². The average Bonchev–Trinajstić information content (AvgIpc) is 3.55. The molecule has 0 heterocycles. The van der Waals surface area contributed by atoms with Crippen LogP contribution in [0.1, 0.15) is 91.7 Å². The molecule has 0 saturated carbocycles. The second-order valence-electron chi connectivity index (χ2n) is 13.8. The highest BCUT2D eigenvalue weighted by Gasteiger charge is 2.19. The van der Waals surface area contributed by atoms with Crippen molar-refractivity contribution in [1.29, 1.82) is 0 Å². The maximum absolute atomic E-state index is 11.8. The van der Waals surface area contributed by atoms with Crippen molar-refractivity contribution in [3.8, 4) is 22.6 Å². The Bertz CT molecular complexity index is 1790. The van der Waals surface area contributed by atoms with E-state index in [1.54, 1.807) is 0 Å². The van der Waals surface area contributed by atoms with Crippen LogP contribution < -0.4 is 9.47 Å². The molecule has 0 saturated heterocycles. The smallest absolute Gasteiger partial charge is 0.333 e. The molecule has 0 aromatic heterocycles. The summed E-state index contributed by atoms with van der Waals surface area (Å²) in [5, 5.41) is 0. The third kappa shape index (κ3) is 12.5. The number of ether oxygens (including phenoxy) is 4. The molecule has 0 bridgehead atoms. The van der Waals surface area contributed by atoms with Crippen LogP contribution in [-0.4, -0.2) is 31.4 Å². The Morgan fingerprint density at radius 3 is 1.72 bits per heavy atom. The summed E-state index contributed by atoms with van der Waals surface area (Å²) in [5.74, 6) is 0.785. The number of fused-ring (bicyclic) bond motifs is 3. The Morgan fingerprint density at radius 1 is 0.623 bits per heavy atom. The zero-order valence-corrected chi connectivity index (χ0v) is 31.3. The van der Waals surface area contributed by atoms with E-state index in [-0.39, 0.29) is 5.97 Å². The fraction of sp³-hybridized carbons (Fsp3) is 0.362. The minimum Gasteiger partial charge on any atom is -0.494 e. The fourth-order valence-electron chi connectivity index (χ4n) is 6.70. The first-order valence-electron chi connectivity index (χ1n) is 19.3. The Hall–Kier alpha value is -5.10. The van der Waals surface area contributed by atoms with E-state index in [2.05, 4.69) is 92.9 Å². The maximum Gasteiger partial charge on any atom is 0.333 e. The highest BCUT2D eigenvalue weighted by atomic mass is 16.7. The molecule has 0 amide bonds. The number of esters is 2. The highest BCUT2D eigenvalue weighted by Crippen LogP contribution is 2.38. The monoisotopic (exact) mass is 714 g/mol. The third-order valence-corrected chi connectivity index (χ3v) is 9.71. The summed E-state index contributed by atoms with van der Waals surface area (Å²) in [5.41, 5.74) is 10.8. The minimum atomic E-state index is -0.606. The van der Waals surface area contributed by atoms with Gasteiger partial charge in [0.25, 0.3) is 0 Å². The first-order chi connectivity index (χ1) is 25.9. The molecule has 0 radical (unpaired) electrons. The van der Waals surface area contributed by atoms with E-state index in [1.165, 1.54) is 56.7 Å². The van der Waals surface area contributed by atoms with Gasteiger partial charge in [-0.05, 0) is 133 Å². The largest absolute Gasteiger partial charge is 0.494 e. The van der Waals surface area contributed by atoms with Gasteiger partial charge in [-0.3, -0.25) is 0 Å². The van der Waals surface area contributed by atoms with Gasteiger partial charge in [0.2, 0.25) is 6.29 Å². The zero-order valence-electron chi connectivity index (χ0n) is 31.3. The van der Waals surface area contributed by atoms with Crippen LogP contribution in [0.5, 0.6) is 11.5 Å². The summed E-state index contributed by atoms with van der Waals surface area (Å²) in [7, 11) is 0. The van der Waals surface area contributed by atoms with Gasteiger partial charge >= 0.3 is 11.9 Å². The number of benzene rings is 4. The molecule has 4 aromatic rings. The Morgan fingerprint density at radius 2 is 1.15 bits per heavy atom. The Kier molecular flexibility index (Phi) is 15.4. The van der Waals surface area contributed by atoms with Crippen molar-refractivity contribution < 1.29 is 28.5 Å². The third-order valence-electron chi connectivity index (χ3n) is 9.71. The van der Waals surface area contributed by atoms with Gasteiger partial charge in [-0.2, -0.15) is 0 Å². The summed E-state index contributed by atoms with van der Waals surface area (Å²) in [6.45, 7) is 10.2. The summed E-state index contributed by atoms with van der Waals surface area (Å²) in [6, 6.07) is 30.5. The van der Waals surface area contributed by atoms with Gasteiger partial charge in [0, 0.05) is 18.6 Å². The first kappa shape index (κ1) is 39.1. The predicted molar refractivity (Wildman–Crippen MR) is 212 cm³/mol. The number of carbonyl (C=O) groups excluding carboxylic acids is 2. The van der Waals surface area contributed by atoms with Crippen LogP contribution in [0, 0.1) is 0 Å². The second kappa shape index (κ2) is 20.8. The Balaban J connectivity index is 1.04. The quantitative estimate of drug-likeness (QED) is 0.0290. The van der Waals surface area contributed by atoms with Gasteiger partial charge in [-0.15, -0.1) is 0 Å². The Labute approximate surface area is 315 Å². The summed E-state index contributed by atoms with van der Waals surface area (Å²) >= 11 is 0. The first-order valence-corrected chi connectivity index (χ1v) is 19.3. The molecular formula is C47H54O6. The van der Waals surface area contributed by atoms with E-state index in [0.29, 0.717) is 25.4 Å². The molecule has 1 aliphatic carbocycles. The number of aryl methyl sites for hydroxylation is 4. The molecular weight excluding hydrogens is 661 g/mol. The van der Waals surface area contributed by atoms with E-state index in [4.69, 9.17) is 18.9 Å². The van der Waals surface area contributed by atoms with Gasteiger partial charge in [0.05, 0.1) is 13.2 Å². The van der Waals surface area contributed by atoms with Crippen LogP contribution in [0.3, 0.4) is 0 Å². The molecule has 6 heteroatoms. The topological polar surface area (TPSA) is 71.1 Å². The van der Waals surface area contributed by atoms with Crippen LogP contribution in [0.25, 0.3) is 11.1 Å². The van der Waals surface area contributed by atoms with Crippen LogP contribution in [0.15, 0.2) is 110 Å². The van der Waals surface area contributed by atoms with Crippen molar-refractivity contribution in [2.45, 2.75) is 96.7 Å². The van der Waals surface area contributed by atoms with Gasteiger partial charge in [0.1, 0.15) is 11.5 Å². The van der Waals surface area contributed by atoms with Crippen molar-refractivity contribution in [2.24, 2.45) is 0 Å². The van der Waals surface area contributed by atoms with E-state index in [0.717, 1.165) is 82.8 Å². The minimum absolute atomic E-state index is 0.358. The molecule has 0 N–H and O–H groups in total. The lowest BCUT2D eigenvalue weighted by molar-refractivity contribution is -0.158. The standard InChI is InChI=1S/C47H54O6/c1-4-7-10-13-47(53-46(49)6-3)52-42-26-20-36(21-27-42)15-17-38-23-29-44-40(33-38)34-39-32-37(22-28-43(39)44)16-14-35-18-24-41(25-19-35)50-30-11-8-9-12-31-51-45(48)5-2/h5-6,18-29,32-33,47H,2-4,7-17,30-31,34H2,1H3. The van der Waals surface area contributed by atoms with Gasteiger partial charge in [-0.25, -0.2) is 9.59 Å². The van der Waals surface area contributed by atoms with Gasteiger partial charge in [-0.1, -0.05) is 93.6 Å². The number of hydrogen-bond donors (Lipinski definition) is 0. The van der Waals surface area contributed by atoms with Crippen LogP contribution >= 0.6 is 0 Å². The molecule has 6 nitrogen and oxygen atoms in total. The van der Waals surface area contributed by atoms with E-state index in [1.807, 2.05) is 12.1 Å². The predicted octanol–water partition coefficient (Wildman–Crippen LogP) is 10.5. The summed E-state index contributed by atoms with van der Waals surface area (Å²) in [4.78, 5) is 22.9. The molecule has 0 fully saturated rings. The number of hydrogen-bond acceptors (Lipinski definition) is 6. The van der Waals surface area contributed by atoms with E-state index >= 15 is 0 Å². The van der Waals surface area contributed by atoms with Crippen molar-refractivity contribution in [2.75, 3.05) is 13.2 Å². The molecule has 0 spiro atoms. The lowest BCUT2D eigenvalue weighted by Crippen LogP contribution is -2.23. The maximum atomic E-state index is 11.8. The lowest BCUT2D eigenvalue weighted by Gasteiger charge is -2.19. The van der Waals surface area contributed by atoms with E-state index < -0.39 is 12.3 Å². The summed E-state index contributed by atoms with van der Waals surface area (Å²) in [6.07, 6.45) is 14.3. The molecule has 4 aromatic carbocycles. The van der Waals surface area contributed by atoms with Crippen LogP contribution in [0.2, 0.25) is 0 Å². The lowest BCUT2D eigenvalue weighted by atomic mass is 9.98. The summed E-state index contributed by atoms with van der Waals surface area (Å²) < 4.78 is 22.4. The molecule has 1 atom stereocenters. The number of carbonyl (C=O) groups is 2. The molecule has 278 valence electrons. The average molecular weight is 715 g/mol. The number of unbranched alkanes of at least 4 members (excludes halogenated alkanes) is 5. The SMILES string of the molecule is C=CC(=O)OCCCCCCOc1ccc(CCc2ccc3c(c2)Cc2cc(CCc4ccc(OC(CCCCC)OC(=O)C=C)cc4)ccc2-3)cc1. The fourth-order valence-corrected chi connectivity index (χ4v) is 6.70. The van der Waals surface area contributed by atoms with Crippen molar-refractivity contribution >= 4 is 11.9 Å². The van der Waals surface area contributed by atoms with E-state index in [9.17, 15) is 9.59 Å². The van der Waals surface area contributed by atoms with Crippen molar-refractivity contribution in [3.63, 3.8) is 0 Å². The zero-order chi connectivity index (χ0) is 37.3. The highest BCUT2D eigenvalue weighted by molar-refractivity contribution is 5.81. The molecule has 1 unspecified atom stereocenters. The normalized spacial score (nSPS) is 11.9. The van der Waals surface area contributed by atoms with Gasteiger partial charge in [0.15, 0.2) is 0 Å². The molecule has 0 aliphatic heterocycles. The van der Waals surface area contributed by atoms with Crippen LogP contribution in [-0.2, 0) is 51.2 Å². The molecule has 53 heavy (non-hydrogen) atoms. The van der Waals surface area contributed by atoms with Gasteiger partial charge < -0.3 is 18.9 Å². The number of rotatable bonds is 23. The molecule has 5 rings (SSSR count). The van der Waals surface area contributed by atoms with Crippen molar-refractivity contribution in [1.82, 2.24) is 0 Å². The van der Waals surface area contributed by atoms with Crippen LogP contribution in [0.4, 0.5) is 0 Å².